The van der Waals surface area contributed by atoms with Crippen LogP contribution in [-0.4, -0.2) is 44.2 Å². The maximum Gasteiger partial charge on any atom is 0.278 e. The average Bonchev–Trinajstić information content (AvgIpc) is 3.47. The zero-order valence-corrected chi connectivity index (χ0v) is 20.6. The fourth-order valence-electron chi connectivity index (χ4n) is 4.50. The SMILES string of the molecule is C=C(C)C(F)(F)CSc1nc2c(N)nc3ccccc3c2n1Cc1ccc(CN2CCCC2)cc1. The van der Waals surface area contributed by atoms with Gasteiger partial charge < -0.3 is 10.3 Å². The summed E-state index contributed by atoms with van der Waals surface area (Å²) in [5.74, 6) is -3.13. The molecule has 0 bridgehead atoms. The summed E-state index contributed by atoms with van der Waals surface area (Å²) in [6.45, 7) is 8.56. The van der Waals surface area contributed by atoms with Crippen molar-refractivity contribution in [1.29, 1.82) is 0 Å². The van der Waals surface area contributed by atoms with Crippen molar-refractivity contribution >= 4 is 39.5 Å². The second-order valence-electron chi connectivity index (χ2n) is 9.27. The molecule has 0 aliphatic carbocycles. The quantitative estimate of drug-likeness (QED) is 0.237. The first-order chi connectivity index (χ1) is 16.8. The number of nitrogens with zero attached hydrogens (tertiary/aromatic N) is 4. The smallest absolute Gasteiger partial charge is 0.278 e. The lowest BCUT2D eigenvalue weighted by Crippen LogP contribution is -2.20. The molecular formula is C27H29F2N5S. The van der Waals surface area contributed by atoms with Gasteiger partial charge in [0.2, 0.25) is 0 Å². The first-order valence-corrected chi connectivity index (χ1v) is 12.8. The summed E-state index contributed by atoms with van der Waals surface area (Å²) in [7, 11) is 0. The molecule has 2 aromatic carbocycles. The Bertz CT molecular complexity index is 1370. The third kappa shape index (κ3) is 4.90. The molecule has 1 aliphatic heterocycles. The highest BCUT2D eigenvalue weighted by atomic mass is 32.2. The number of fused-ring (bicyclic) bond motifs is 3. The van der Waals surface area contributed by atoms with Crippen molar-refractivity contribution in [3.05, 3.63) is 71.8 Å². The van der Waals surface area contributed by atoms with Gasteiger partial charge in [0.25, 0.3) is 5.92 Å². The number of imidazole rings is 1. The minimum Gasteiger partial charge on any atom is -0.382 e. The molecule has 0 amide bonds. The van der Waals surface area contributed by atoms with E-state index in [1.165, 1.54) is 25.3 Å². The van der Waals surface area contributed by atoms with E-state index in [1.807, 2.05) is 28.8 Å². The number of aromatic nitrogens is 3. The molecule has 0 unspecified atom stereocenters. The topological polar surface area (TPSA) is 60.0 Å². The van der Waals surface area contributed by atoms with Crippen LogP contribution in [0, 0.1) is 0 Å². The van der Waals surface area contributed by atoms with Gasteiger partial charge in [0.05, 0.1) is 23.3 Å². The van der Waals surface area contributed by atoms with E-state index in [-0.39, 0.29) is 5.57 Å². The fraction of sp³-hybridized carbons (Fsp3) is 0.333. The number of benzene rings is 2. The Kier molecular flexibility index (Phi) is 6.51. The van der Waals surface area contributed by atoms with Crippen LogP contribution in [-0.2, 0) is 13.1 Å². The summed E-state index contributed by atoms with van der Waals surface area (Å²) in [6.07, 6.45) is 2.53. The van der Waals surface area contributed by atoms with Gasteiger partial charge in [-0.25, -0.2) is 18.7 Å². The Labute approximate surface area is 208 Å². The number of hydrogen-bond acceptors (Lipinski definition) is 5. The van der Waals surface area contributed by atoms with E-state index in [2.05, 4.69) is 45.7 Å². The van der Waals surface area contributed by atoms with Crippen LogP contribution in [0.15, 0.2) is 65.8 Å². The van der Waals surface area contributed by atoms with E-state index in [0.29, 0.717) is 23.0 Å². The molecule has 1 aliphatic rings. The summed E-state index contributed by atoms with van der Waals surface area (Å²) in [5.41, 5.74) is 10.6. The molecule has 5 nitrogen and oxygen atoms in total. The number of anilines is 1. The summed E-state index contributed by atoms with van der Waals surface area (Å²) in [4.78, 5) is 11.6. The van der Waals surface area contributed by atoms with Crippen LogP contribution in [0.4, 0.5) is 14.6 Å². The number of para-hydroxylation sites is 1. The number of nitrogens with two attached hydrogens (primary N) is 1. The fourth-order valence-corrected chi connectivity index (χ4v) is 5.53. The second-order valence-corrected chi connectivity index (χ2v) is 10.2. The van der Waals surface area contributed by atoms with Crippen LogP contribution in [0.3, 0.4) is 0 Å². The zero-order valence-electron chi connectivity index (χ0n) is 19.8. The van der Waals surface area contributed by atoms with Gasteiger partial charge in [-0.05, 0) is 55.6 Å². The highest BCUT2D eigenvalue weighted by Gasteiger charge is 2.31. The summed E-state index contributed by atoms with van der Waals surface area (Å²) in [6, 6.07) is 16.2. The second kappa shape index (κ2) is 9.59. The first-order valence-electron chi connectivity index (χ1n) is 11.8. The van der Waals surface area contributed by atoms with E-state index in [0.717, 1.165) is 53.4 Å². The standard InChI is InChI=1S/C27H29F2N5S/c1-18(2)27(28,29)17-35-26-32-23-24(21-7-3-4-8-22(21)31-25(23)30)34(26)16-20-11-9-19(10-12-20)15-33-13-5-6-14-33/h3-4,7-12H,1,5-6,13-17H2,2H3,(H2,30,31). The molecule has 0 saturated carbocycles. The van der Waals surface area contributed by atoms with Gasteiger partial charge in [-0.3, -0.25) is 4.90 Å². The number of hydrogen-bond donors (Lipinski definition) is 1. The van der Waals surface area contributed by atoms with Gasteiger partial charge in [0.1, 0.15) is 5.52 Å². The maximum atomic E-state index is 14.4. The third-order valence-electron chi connectivity index (χ3n) is 6.55. The predicted octanol–water partition coefficient (Wildman–Crippen LogP) is 6.11. The first kappa shape index (κ1) is 23.8. The summed E-state index contributed by atoms with van der Waals surface area (Å²) >= 11 is 1.02. The number of rotatable bonds is 8. The molecule has 0 radical (unpaired) electrons. The van der Waals surface area contributed by atoms with Gasteiger partial charge in [-0.2, -0.15) is 0 Å². The minimum atomic E-state index is -2.99. The molecule has 1 saturated heterocycles. The van der Waals surface area contributed by atoms with Crippen LogP contribution in [0.1, 0.15) is 30.9 Å². The lowest BCUT2D eigenvalue weighted by Gasteiger charge is -2.17. The van der Waals surface area contributed by atoms with Crippen LogP contribution >= 0.6 is 11.8 Å². The van der Waals surface area contributed by atoms with Crippen LogP contribution < -0.4 is 5.73 Å². The highest BCUT2D eigenvalue weighted by Crippen LogP contribution is 2.36. The molecule has 4 aromatic rings. The molecule has 0 atom stereocenters. The Balaban J connectivity index is 1.53. The summed E-state index contributed by atoms with van der Waals surface area (Å²) < 4.78 is 30.8. The van der Waals surface area contributed by atoms with Gasteiger partial charge in [0, 0.05) is 11.9 Å². The molecule has 3 heterocycles. The Morgan fingerprint density at radius 2 is 1.69 bits per heavy atom. The van der Waals surface area contributed by atoms with Crippen molar-refractivity contribution in [2.75, 3.05) is 24.6 Å². The Morgan fingerprint density at radius 3 is 2.37 bits per heavy atom. The molecule has 8 heteroatoms. The van der Waals surface area contributed by atoms with Crippen molar-refractivity contribution in [2.45, 2.75) is 43.9 Å². The van der Waals surface area contributed by atoms with Gasteiger partial charge >= 0.3 is 0 Å². The highest BCUT2D eigenvalue weighted by molar-refractivity contribution is 7.99. The van der Waals surface area contributed by atoms with E-state index < -0.39 is 11.7 Å². The normalized spacial score (nSPS) is 14.8. The van der Waals surface area contributed by atoms with Crippen LogP contribution in [0.5, 0.6) is 0 Å². The monoisotopic (exact) mass is 493 g/mol. The van der Waals surface area contributed by atoms with E-state index in [9.17, 15) is 8.78 Å². The molecule has 5 rings (SSSR count). The minimum absolute atomic E-state index is 0.159. The van der Waals surface area contributed by atoms with Crippen LogP contribution in [0.25, 0.3) is 21.9 Å². The van der Waals surface area contributed by atoms with Crippen molar-refractivity contribution < 1.29 is 8.78 Å². The number of thioether (sulfide) groups is 1. The number of halogens is 2. The van der Waals surface area contributed by atoms with E-state index in [4.69, 9.17) is 5.73 Å². The molecule has 0 spiro atoms. The lowest BCUT2D eigenvalue weighted by molar-refractivity contribution is 0.0695. The number of likely N-dealkylation sites (tertiary alicyclic amines) is 1. The predicted molar refractivity (Wildman–Crippen MR) is 140 cm³/mol. The third-order valence-corrected chi connectivity index (χ3v) is 7.63. The number of pyridine rings is 1. The maximum absolute atomic E-state index is 14.4. The molecule has 2 N–H and O–H groups in total. The van der Waals surface area contributed by atoms with Gasteiger partial charge in [-0.15, -0.1) is 0 Å². The van der Waals surface area contributed by atoms with Crippen molar-refractivity contribution in [3.63, 3.8) is 0 Å². The number of alkyl halides is 2. The molecule has 2 aromatic heterocycles. The summed E-state index contributed by atoms with van der Waals surface area (Å²) in [5, 5.41) is 1.39. The number of nitrogen functional groups attached to an aromatic ring is 1. The van der Waals surface area contributed by atoms with Gasteiger partial charge in [0.15, 0.2) is 11.0 Å². The molecular weight excluding hydrogens is 464 g/mol. The largest absolute Gasteiger partial charge is 0.382 e. The van der Waals surface area contributed by atoms with E-state index in [1.54, 1.807) is 0 Å². The zero-order chi connectivity index (χ0) is 24.6. The van der Waals surface area contributed by atoms with Crippen molar-refractivity contribution in [1.82, 2.24) is 19.4 Å². The molecule has 35 heavy (non-hydrogen) atoms. The number of allylic oxidation sites excluding steroid dienone is 1. The Hall–Kier alpha value is -2.97. The Morgan fingerprint density at radius 1 is 1.03 bits per heavy atom. The van der Waals surface area contributed by atoms with Crippen LogP contribution in [0.2, 0.25) is 0 Å². The van der Waals surface area contributed by atoms with E-state index >= 15 is 0 Å². The van der Waals surface area contributed by atoms with Gasteiger partial charge in [-0.1, -0.05) is 60.8 Å². The van der Waals surface area contributed by atoms with Crippen molar-refractivity contribution in [2.24, 2.45) is 0 Å². The van der Waals surface area contributed by atoms with Crippen molar-refractivity contribution in [3.8, 4) is 0 Å². The molecule has 1 fully saturated rings. The average molecular weight is 494 g/mol. The lowest BCUT2D eigenvalue weighted by atomic mass is 10.1. The molecule has 182 valence electrons.